The normalized spacial score (nSPS) is 20.3. The second-order valence-electron chi connectivity index (χ2n) is 8.79. The van der Waals surface area contributed by atoms with E-state index in [1.807, 2.05) is 25.1 Å². The number of hydrogen-bond donors (Lipinski definition) is 1. The van der Waals surface area contributed by atoms with E-state index in [4.69, 9.17) is 9.47 Å². The Hall–Kier alpha value is -2.28. The Bertz CT molecular complexity index is 850. The molecule has 2 aliphatic rings. The van der Waals surface area contributed by atoms with Gasteiger partial charge < -0.3 is 19.5 Å². The largest absolute Gasteiger partial charge is 0.497 e. The van der Waals surface area contributed by atoms with Crippen molar-refractivity contribution in [2.24, 2.45) is 0 Å². The predicted octanol–water partition coefficient (Wildman–Crippen LogP) is 3.37. The lowest BCUT2D eigenvalue weighted by Gasteiger charge is -2.44. The van der Waals surface area contributed by atoms with Crippen LogP contribution in [-0.4, -0.2) is 73.9 Å². The average molecular weight is 440 g/mol. The number of likely N-dealkylation sites (tertiary alicyclic amines) is 1. The van der Waals surface area contributed by atoms with Crippen molar-refractivity contribution in [2.75, 3.05) is 57.9 Å². The van der Waals surface area contributed by atoms with Gasteiger partial charge in [-0.05, 0) is 68.3 Å². The molecule has 2 fully saturated rings. The molecular weight excluding hydrogens is 402 g/mol. The maximum atomic E-state index is 9.71. The van der Waals surface area contributed by atoms with Crippen molar-refractivity contribution in [2.45, 2.75) is 39.0 Å². The number of benzene rings is 2. The summed E-state index contributed by atoms with van der Waals surface area (Å²) in [6.45, 7) is 10.2. The van der Waals surface area contributed by atoms with Gasteiger partial charge in [0.2, 0.25) is 0 Å². The number of piperidine rings is 1. The van der Waals surface area contributed by atoms with Crippen molar-refractivity contribution < 1.29 is 14.6 Å². The molecule has 0 aliphatic carbocycles. The molecule has 32 heavy (non-hydrogen) atoms. The Morgan fingerprint density at radius 1 is 1.00 bits per heavy atom. The molecule has 2 aromatic carbocycles. The summed E-state index contributed by atoms with van der Waals surface area (Å²) in [5.74, 6) is 1.71. The molecule has 0 radical (unpaired) electrons. The Kier molecular flexibility index (Phi) is 7.90. The van der Waals surface area contributed by atoms with Crippen LogP contribution in [0.25, 0.3) is 0 Å². The molecule has 174 valence electrons. The molecular formula is C26H37N3O3. The highest BCUT2D eigenvalue weighted by Crippen LogP contribution is 2.25. The summed E-state index contributed by atoms with van der Waals surface area (Å²) in [7, 11) is 1.71. The number of methoxy groups -OCH3 is 1. The van der Waals surface area contributed by atoms with Crippen LogP contribution < -0.4 is 14.4 Å². The van der Waals surface area contributed by atoms with Crippen LogP contribution in [-0.2, 0) is 13.2 Å². The van der Waals surface area contributed by atoms with Crippen LogP contribution in [0, 0.1) is 0 Å². The minimum absolute atomic E-state index is 0.0181. The summed E-state index contributed by atoms with van der Waals surface area (Å²) >= 11 is 0. The first-order valence-corrected chi connectivity index (χ1v) is 11.9. The number of hydrogen-bond acceptors (Lipinski definition) is 6. The Labute approximate surface area is 192 Å². The van der Waals surface area contributed by atoms with Crippen LogP contribution in [0.15, 0.2) is 42.5 Å². The third-order valence-corrected chi connectivity index (χ3v) is 6.75. The molecule has 0 spiro atoms. The number of nitrogens with zero attached hydrogens (tertiary/aromatic N) is 3. The van der Waals surface area contributed by atoms with E-state index < -0.39 is 0 Å². The smallest absolute Gasteiger partial charge is 0.124 e. The highest BCUT2D eigenvalue weighted by molar-refractivity contribution is 5.49. The van der Waals surface area contributed by atoms with Crippen LogP contribution >= 0.6 is 0 Å². The number of anilines is 1. The van der Waals surface area contributed by atoms with Gasteiger partial charge in [0, 0.05) is 56.6 Å². The monoisotopic (exact) mass is 439 g/mol. The molecule has 0 saturated carbocycles. The number of aliphatic hydroxyl groups is 1. The van der Waals surface area contributed by atoms with Crippen LogP contribution in [0.5, 0.6) is 11.5 Å². The zero-order valence-corrected chi connectivity index (χ0v) is 19.5. The van der Waals surface area contributed by atoms with Gasteiger partial charge in [-0.3, -0.25) is 9.80 Å². The fourth-order valence-corrected chi connectivity index (χ4v) is 5.02. The maximum absolute atomic E-state index is 9.71. The van der Waals surface area contributed by atoms with Gasteiger partial charge in [-0.15, -0.1) is 0 Å². The summed E-state index contributed by atoms with van der Waals surface area (Å²) in [5.41, 5.74) is 3.42. The van der Waals surface area contributed by atoms with Gasteiger partial charge in [-0.1, -0.05) is 6.07 Å². The van der Waals surface area contributed by atoms with E-state index in [0.717, 1.165) is 62.9 Å². The fraction of sp³-hybridized carbons (Fsp3) is 0.538. The number of ether oxygens (including phenoxy) is 2. The summed E-state index contributed by atoms with van der Waals surface area (Å²) in [5, 5.41) is 9.71. The van der Waals surface area contributed by atoms with Crippen LogP contribution in [0.3, 0.4) is 0 Å². The molecule has 2 aromatic rings. The van der Waals surface area contributed by atoms with Crippen molar-refractivity contribution in [3.63, 3.8) is 0 Å². The van der Waals surface area contributed by atoms with E-state index >= 15 is 0 Å². The number of aliphatic hydroxyl groups excluding tert-OH is 1. The van der Waals surface area contributed by atoms with Gasteiger partial charge in [0.1, 0.15) is 11.5 Å². The SMILES string of the molecule is CCOc1ccc(CN2CCCC(N3CCN(c4ccc(OC)cc4)CC3)C2)cc1CO. The second-order valence-corrected chi connectivity index (χ2v) is 8.79. The zero-order valence-electron chi connectivity index (χ0n) is 19.5. The van der Waals surface area contributed by atoms with Crippen molar-refractivity contribution in [3.05, 3.63) is 53.6 Å². The van der Waals surface area contributed by atoms with Crippen LogP contribution in [0.2, 0.25) is 0 Å². The molecule has 1 unspecified atom stereocenters. The van der Waals surface area contributed by atoms with Crippen molar-refractivity contribution in [3.8, 4) is 11.5 Å². The Balaban J connectivity index is 1.30. The third kappa shape index (κ3) is 5.55. The van der Waals surface area contributed by atoms with E-state index in [1.165, 1.54) is 24.1 Å². The number of piperazine rings is 1. The zero-order chi connectivity index (χ0) is 22.3. The van der Waals surface area contributed by atoms with Gasteiger partial charge in [0.15, 0.2) is 0 Å². The molecule has 2 heterocycles. The molecule has 0 amide bonds. The van der Waals surface area contributed by atoms with Gasteiger partial charge >= 0.3 is 0 Å². The fourth-order valence-electron chi connectivity index (χ4n) is 5.02. The number of rotatable bonds is 8. The third-order valence-electron chi connectivity index (χ3n) is 6.75. The van der Waals surface area contributed by atoms with Gasteiger partial charge in [0.05, 0.1) is 20.3 Å². The molecule has 6 nitrogen and oxygen atoms in total. The minimum Gasteiger partial charge on any atom is -0.497 e. The van der Waals surface area contributed by atoms with Crippen molar-refractivity contribution in [1.82, 2.24) is 9.80 Å². The minimum atomic E-state index is 0.0181. The summed E-state index contributed by atoms with van der Waals surface area (Å²) in [6.07, 6.45) is 2.53. The lowest BCUT2D eigenvalue weighted by atomic mass is 10.0. The molecule has 0 aromatic heterocycles. The van der Waals surface area contributed by atoms with E-state index in [9.17, 15) is 5.11 Å². The molecule has 1 N–H and O–H groups in total. The first-order chi connectivity index (χ1) is 15.7. The standard InChI is InChI=1S/C26H37N3O3/c1-3-32-26-11-6-21(17-22(26)20-30)18-27-12-4-5-24(19-27)29-15-13-28(14-16-29)23-7-9-25(31-2)10-8-23/h6-11,17,24,30H,3-5,12-16,18-20H2,1-2H3. The van der Waals surface area contributed by atoms with Gasteiger partial charge in [0.25, 0.3) is 0 Å². The average Bonchev–Trinajstić information content (AvgIpc) is 2.85. The van der Waals surface area contributed by atoms with Crippen molar-refractivity contribution in [1.29, 1.82) is 0 Å². The van der Waals surface area contributed by atoms with Crippen LogP contribution in [0.1, 0.15) is 30.9 Å². The van der Waals surface area contributed by atoms with Gasteiger partial charge in [-0.2, -0.15) is 0 Å². The molecule has 0 bridgehead atoms. The van der Waals surface area contributed by atoms with E-state index in [2.05, 4.69) is 39.0 Å². The van der Waals surface area contributed by atoms with E-state index in [1.54, 1.807) is 7.11 Å². The second kappa shape index (κ2) is 11.0. The Morgan fingerprint density at radius 3 is 2.47 bits per heavy atom. The quantitative estimate of drug-likeness (QED) is 0.681. The maximum Gasteiger partial charge on any atom is 0.124 e. The van der Waals surface area contributed by atoms with Crippen molar-refractivity contribution >= 4 is 5.69 Å². The summed E-state index contributed by atoms with van der Waals surface area (Å²) in [4.78, 5) is 7.73. The molecule has 4 rings (SSSR count). The predicted molar refractivity (Wildman–Crippen MR) is 129 cm³/mol. The first-order valence-electron chi connectivity index (χ1n) is 11.9. The molecule has 6 heteroatoms. The molecule has 1 atom stereocenters. The van der Waals surface area contributed by atoms with E-state index in [-0.39, 0.29) is 6.61 Å². The first kappa shape index (κ1) is 22.9. The van der Waals surface area contributed by atoms with Gasteiger partial charge in [-0.25, -0.2) is 0 Å². The van der Waals surface area contributed by atoms with Crippen LogP contribution in [0.4, 0.5) is 5.69 Å². The Morgan fingerprint density at radius 2 is 1.78 bits per heavy atom. The van der Waals surface area contributed by atoms with E-state index in [0.29, 0.717) is 12.6 Å². The summed E-state index contributed by atoms with van der Waals surface area (Å²) in [6, 6.07) is 15.3. The molecule has 2 aliphatic heterocycles. The topological polar surface area (TPSA) is 48.4 Å². The highest BCUT2D eigenvalue weighted by Gasteiger charge is 2.28. The summed E-state index contributed by atoms with van der Waals surface area (Å²) < 4.78 is 10.9. The lowest BCUT2D eigenvalue weighted by molar-refractivity contribution is 0.0887. The lowest BCUT2D eigenvalue weighted by Crippen LogP contribution is -2.55. The highest BCUT2D eigenvalue weighted by atomic mass is 16.5. The molecule has 2 saturated heterocycles.